The number of rotatable bonds is 8. The molecule has 0 saturated heterocycles. The molecule has 0 spiro atoms. The molecule has 0 heterocycles. The lowest BCUT2D eigenvalue weighted by molar-refractivity contribution is 0.136. The van der Waals surface area contributed by atoms with E-state index in [9.17, 15) is 4.79 Å². The zero-order chi connectivity index (χ0) is 12.4. The molecule has 16 heavy (non-hydrogen) atoms. The number of methoxy groups -OCH3 is 2. The molecule has 96 valence electrons. The third-order valence-corrected chi connectivity index (χ3v) is 2.04. The lowest BCUT2D eigenvalue weighted by Gasteiger charge is -2.23. The van der Waals surface area contributed by atoms with Gasteiger partial charge in [0.2, 0.25) is 0 Å². The SMILES string of the molecule is COCCCN(CCOC)C(=O)NC(C)C. The van der Waals surface area contributed by atoms with Crippen LogP contribution in [0.5, 0.6) is 0 Å². The van der Waals surface area contributed by atoms with Gasteiger partial charge in [-0.25, -0.2) is 4.79 Å². The van der Waals surface area contributed by atoms with Crippen LogP contribution in [0.3, 0.4) is 0 Å². The van der Waals surface area contributed by atoms with Crippen LogP contribution in [-0.4, -0.2) is 57.5 Å². The summed E-state index contributed by atoms with van der Waals surface area (Å²) in [4.78, 5) is 13.5. The van der Waals surface area contributed by atoms with E-state index >= 15 is 0 Å². The fourth-order valence-corrected chi connectivity index (χ4v) is 1.25. The molecule has 0 bridgehead atoms. The van der Waals surface area contributed by atoms with Crippen molar-refractivity contribution in [3.05, 3.63) is 0 Å². The number of nitrogens with one attached hydrogen (secondary N) is 1. The van der Waals surface area contributed by atoms with Crippen molar-refractivity contribution in [2.24, 2.45) is 0 Å². The van der Waals surface area contributed by atoms with E-state index in [0.717, 1.165) is 6.42 Å². The average molecular weight is 232 g/mol. The minimum atomic E-state index is -0.0387. The Balaban J connectivity index is 4.01. The summed E-state index contributed by atoms with van der Waals surface area (Å²) in [6.07, 6.45) is 0.839. The Bertz CT molecular complexity index is 186. The van der Waals surface area contributed by atoms with Crippen molar-refractivity contribution in [1.82, 2.24) is 10.2 Å². The van der Waals surface area contributed by atoms with E-state index in [1.165, 1.54) is 0 Å². The normalized spacial score (nSPS) is 10.6. The van der Waals surface area contributed by atoms with Crippen molar-refractivity contribution < 1.29 is 14.3 Å². The number of urea groups is 1. The summed E-state index contributed by atoms with van der Waals surface area (Å²) in [6, 6.07) is 0.114. The summed E-state index contributed by atoms with van der Waals surface area (Å²) in [5.41, 5.74) is 0. The molecule has 0 aliphatic rings. The Morgan fingerprint density at radius 1 is 1.19 bits per heavy atom. The molecular formula is C11H24N2O3. The van der Waals surface area contributed by atoms with Crippen LogP contribution in [-0.2, 0) is 9.47 Å². The van der Waals surface area contributed by atoms with Gasteiger partial charge >= 0.3 is 6.03 Å². The van der Waals surface area contributed by atoms with Gasteiger partial charge in [0.25, 0.3) is 0 Å². The standard InChI is InChI=1S/C11H24N2O3/c1-10(2)12-11(14)13(7-9-16-4)6-5-8-15-3/h10H,5-9H2,1-4H3,(H,12,14). The maximum absolute atomic E-state index is 11.8. The van der Waals surface area contributed by atoms with Gasteiger partial charge in [-0.2, -0.15) is 0 Å². The molecule has 0 unspecified atom stereocenters. The Labute approximate surface area is 98.1 Å². The monoisotopic (exact) mass is 232 g/mol. The maximum Gasteiger partial charge on any atom is 0.317 e. The third kappa shape index (κ3) is 7.48. The predicted octanol–water partition coefficient (Wildman–Crippen LogP) is 1.09. The van der Waals surface area contributed by atoms with Gasteiger partial charge in [0, 0.05) is 40.0 Å². The van der Waals surface area contributed by atoms with Crippen LogP contribution in [0.25, 0.3) is 0 Å². The first kappa shape index (κ1) is 15.2. The highest BCUT2D eigenvalue weighted by Crippen LogP contribution is 1.95. The molecule has 2 amide bonds. The van der Waals surface area contributed by atoms with E-state index in [1.807, 2.05) is 13.8 Å². The Kier molecular flexibility index (Phi) is 8.94. The van der Waals surface area contributed by atoms with Gasteiger partial charge in [-0.1, -0.05) is 0 Å². The fraction of sp³-hybridized carbons (Fsp3) is 0.909. The summed E-state index contributed by atoms with van der Waals surface area (Å²) in [6.45, 7) is 6.41. The summed E-state index contributed by atoms with van der Waals surface area (Å²) < 4.78 is 9.95. The van der Waals surface area contributed by atoms with Crippen LogP contribution in [0.4, 0.5) is 4.79 Å². The van der Waals surface area contributed by atoms with Crippen LogP contribution in [0.15, 0.2) is 0 Å². The molecular weight excluding hydrogens is 208 g/mol. The largest absolute Gasteiger partial charge is 0.385 e. The van der Waals surface area contributed by atoms with Crippen molar-refractivity contribution in [3.8, 4) is 0 Å². The van der Waals surface area contributed by atoms with E-state index in [4.69, 9.17) is 9.47 Å². The van der Waals surface area contributed by atoms with Gasteiger partial charge in [-0.3, -0.25) is 0 Å². The minimum absolute atomic E-state index is 0.0387. The van der Waals surface area contributed by atoms with Gasteiger partial charge in [0.15, 0.2) is 0 Å². The quantitative estimate of drug-likeness (QED) is 0.637. The van der Waals surface area contributed by atoms with Crippen molar-refractivity contribution in [1.29, 1.82) is 0 Å². The zero-order valence-electron chi connectivity index (χ0n) is 10.8. The first-order valence-corrected chi connectivity index (χ1v) is 5.65. The van der Waals surface area contributed by atoms with Gasteiger partial charge < -0.3 is 19.7 Å². The molecule has 0 saturated carbocycles. The number of ether oxygens (including phenoxy) is 2. The van der Waals surface area contributed by atoms with Crippen LogP contribution in [0.1, 0.15) is 20.3 Å². The molecule has 0 aliphatic heterocycles. The summed E-state index contributed by atoms with van der Waals surface area (Å²) in [5, 5.41) is 2.87. The fourth-order valence-electron chi connectivity index (χ4n) is 1.25. The molecule has 0 aromatic heterocycles. The number of amides is 2. The van der Waals surface area contributed by atoms with Crippen LogP contribution in [0, 0.1) is 0 Å². The minimum Gasteiger partial charge on any atom is -0.385 e. The molecule has 0 aromatic rings. The molecule has 0 aromatic carbocycles. The van der Waals surface area contributed by atoms with E-state index in [0.29, 0.717) is 26.3 Å². The third-order valence-electron chi connectivity index (χ3n) is 2.04. The highest BCUT2D eigenvalue weighted by molar-refractivity contribution is 5.74. The van der Waals surface area contributed by atoms with Crippen LogP contribution in [0.2, 0.25) is 0 Å². The number of carbonyl (C=O) groups is 1. The number of nitrogens with zero attached hydrogens (tertiary/aromatic N) is 1. The first-order valence-electron chi connectivity index (χ1n) is 5.65. The summed E-state index contributed by atoms with van der Waals surface area (Å²) >= 11 is 0. The molecule has 0 aliphatic carbocycles. The van der Waals surface area contributed by atoms with Gasteiger partial charge in [0.1, 0.15) is 0 Å². The molecule has 0 atom stereocenters. The second kappa shape index (κ2) is 9.42. The molecule has 0 radical (unpaired) electrons. The van der Waals surface area contributed by atoms with Crippen molar-refractivity contribution in [2.75, 3.05) is 40.5 Å². The van der Waals surface area contributed by atoms with Crippen molar-refractivity contribution >= 4 is 6.03 Å². The van der Waals surface area contributed by atoms with Gasteiger partial charge in [-0.15, -0.1) is 0 Å². The maximum atomic E-state index is 11.8. The van der Waals surface area contributed by atoms with Crippen molar-refractivity contribution in [3.63, 3.8) is 0 Å². The highest BCUT2D eigenvalue weighted by atomic mass is 16.5. The average Bonchev–Trinajstić information content (AvgIpc) is 2.22. The molecule has 0 fully saturated rings. The number of hydrogen-bond donors (Lipinski definition) is 1. The number of hydrogen-bond acceptors (Lipinski definition) is 3. The molecule has 0 rings (SSSR count). The van der Waals surface area contributed by atoms with Crippen LogP contribution < -0.4 is 5.32 Å². The Morgan fingerprint density at radius 3 is 2.31 bits per heavy atom. The highest BCUT2D eigenvalue weighted by Gasteiger charge is 2.13. The van der Waals surface area contributed by atoms with E-state index < -0.39 is 0 Å². The molecule has 5 nitrogen and oxygen atoms in total. The predicted molar refractivity (Wildman–Crippen MR) is 63.6 cm³/mol. The molecule has 1 N–H and O–H groups in total. The first-order chi connectivity index (χ1) is 7.61. The Morgan fingerprint density at radius 2 is 1.81 bits per heavy atom. The van der Waals surface area contributed by atoms with Crippen molar-refractivity contribution in [2.45, 2.75) is 26.3 Å². The lowest BCUT2D eigenvalue weighted by Crippen LogP contribution is -2.44. The van der Waals surface area contributed by atoms with E-state index in [1.54, 1.807) is 19.1 Å². The van der Waals surface area contributed by atoms with E-state index in [2.05, 4.69) is 5.32 Å². The summed E-state index contributed by atoms with van der Waals surface area (Å²) in [5.74, 6) is 0. The lowest BCUT2D eigenvalue weighted by atomic mass is 10.3. The second-order valence-electron chi connectivity index (χ2n) is 3.93. The van der Waals surface area contributed by atoms with Gasteiger partial charge in [0.05, 0.1) is 6.61 Å². The smallest absolute Gasteiger partial charge is 0.317 e. The Hall–Kier alpha value is -0.810. The zero-order valence-corrected chi connectivity index (χ0v) is 10.8. The van der Waals surface area contributed by atoms with E-state index in [-0.39, 0.29) is 12.1 Å². The second-order valence-corrected chi connectivity index (χ2v) is 3.93. The summed E-state index contributed by atoms with van der Waals surface area (Å²) in [7, 11) is 3.29. The molecule has 5 heteroatoms. The van der Waals surface area contributed by atoms with Crippen LogP contribution >= 0.6 is 0 Å². The topological polar surface area (TPSA) is 50.8 Å². The van der Waals surface area contributed by atoms with Gasteiger partial charge in [-0.05, 0) is 20.3 Å². The number of carbonyl (C=O) groups excluding carboxylic acids is 1.